The predicted octanol–water partition coefficient (Wildman–Crippen LogP) is 4.55. The summed E-state index contributed by atoms with van der Waals surface area (Å²) in [6.45, 7) is 4.12. The average Bonchev–Trinajstić information content (AvgIpc) is 3.50. The van der Waals surface area contributed by atoms with Gasteiger partial charge in [-0.05, 0) is 32.3 Å². The summed E-state index contributed by atoms with van der Waals surface area (Å²) in [5.41, 5.74) is -0.199. The Morgan fingerprint density at radius 2 is 2.02 bits per heavy atom. The molecule has 2 aliphatic rings. The number of fused-ring (bicyclic) bond motifs is 1. The van der Waals surface area contributed by atoms with Gasteiger partial charge in [-0.15, -0.1) is 10.2 Å². The van der Waals surface area contributed by atoms with Crippen molar-refractivity contribution in [3.63, 3.8) is 0 Å². The number of ether oxygens (including phenoxy) is 1. The van der Waals surface area contributed by atoms with Gasteiger partial charge in [-0.3, -0.25) is 24.2 Å². The average molecular weight is 628 g/mol. The summed E-state index contributed by atoms with van der Waals surface area (Å²) in [4.78, 5) is 40.7. The van der Waals surface area contributed by atoms with Crippen LogP contribution in [-0.2, 0) is 16.1 Å². The molecule has 2 amide bonds. The van der Waals surface area contributed by atoms with Gasteiger partial charge in [0.15, 0.2) is 23.2 Å². The smallest absolute Gasteiger partial charge is 0.276 e. The van der Waals surface area contributed by atoms with Gasteiger partial charge in [-0.25, -0.2) is 23.1 Å². The molecule has 1 unspecified atom stereocenters. The predicted molar refractivity (Wildman–Crippen MR) is 151 cm³/mol. The lowest BCUT2D eigenvalue weighted by Crippen LogP contribution is -2.30. The van der Waals surface area contributed by atoms with E-state index in [0.717, 1.165) is 18.6 Å². The third-order valence-electron chi connectivity index (χ3n) is 7.64. The van der Waals surface area contributed by atoms with Crippen LogP contribution in [0.2, 0.25) is 5.02 Å². The second-order valence-corrected chi connectivity index (χ2v) is 11.0. The molecule has 3 atom stereocenters. The van der Waals surface area contributed by atoms with Crippen LogP contribution in [0, 0.1) is 24.6 Å². The molecule has 1 N–H and O–H groups in total. The van der Waals surface area contributed by atoms with E-state index in [1.807, 2.05) is 6.92 Å². The summed E-state index contributed by atoms with van der Waals surface area (Å²) in [6.07, 6.45) is 2.43. The molecule has 1 aliphatic heterocycles. The van der Waals surface area contributed by atoms with Gasteiger partial charge in [0.2, 0.25) is 5.91 Å². The highest BCUT2D eigenvalue weighted by Crippen LogP contribution is 2.47. The molecule has 1 saturated carbocycles. The number of carbonyl (C=O) groups is 2. The molecule has 4 aromatic rings. The Labute approximate surface area is 253 Å². The van der Waals surface area contributed by atoms with Gasteiger partial charge in [0.25, 0.3) is 12.3 Å². The largest absolute Gasteiger partial charge is 0.378 e. The second kappa shape index (κ2) is 11.5. The zero-order valence-electron chi connectivity index (χ0n) is 23.6. The standard InChI is InChI=1S/C28H25ClF3N9O3/c1-12-26(40-9-14-6-17(14)28(40)43)33-8-19(35-12)13(2)41-10-15(7-34-41)36-27(42)23-20(11-44-3)38-39-25(37-23)21-16(24(31)32)4-5-18(29)22(21)30/h4-5,7-8,10,13-14,17,24H,6,9,11H2,1-3H3,(H,36,42)/t13?,14-,17-/m1/s1. The number of methoxy groups -OCH3 is 1. The number of nitrogens with zero attached hydrogens (tertiary/aromatic N) is 8. The number of benzene rings is 1. The van der Waals surface area contributed by atoms with Gasteiger partial charge < -0.3 is 10.1 Å². The molecule has 228 valence electrons. The van der Waals surface area contributed by atoms with Crippen LogP contribution in [-0.4, -0.2) is 60.4 Å². The van der Waals surface area contributed by atoms with Gasteiger partial charge in [0.05, 0.1) is 52.7 Å². The maximum Gasteiger partial charge on any atom is 0.276 e. The van der Waals surface area contributed by atoms with E-state index in [1.54, 1.807) is 28.9 Å². The fourth-order valence-electron chi connectivity index (χ4n) is 5.21. The number of piperidine rings is 1. The lowest BCUT2D eigenvalue weighted by Gasteiger charge is -2.20. The van der Waals surface area contributed by atoms with E-state index in [0.29, 0.717) is 29.7 Å². The van der Waals surface area contributed by atoms with E-state index < -0.39 is 46.2 Å². The quantitative estimate of drug-likeness (QED) is 0.283. The molecule has 6 rings (SSSR count). The number of aromatic nitrogens is 7. The van der Waals surface area contributed by atoms with Crippen molar-refractivity contribution in [1.29, 1.82) is 0 Å². The summed E-state index contributed by atoms with van der Waals surface area (Å²) in [6, 6.07) is 1.57. The Hall–Kier alpha value is -4.50. The third kappa shape index (κ3) is 5.36. The molecule has 44 heavy (non-hydrogen) atoms. The minimum Gasteiger partial charge on any atom is -0.378 e. The number of alkyl halides is 2. The molecule has 0 radical (unpaired) electrons. The second-order valence-electron chi connectivity index (χ2n) is 10.6. The molecule has 0 spiro atoms. The number of hydrogen-bond donors (Lipinski definition) is 1. The Balaban J connectivity index is 1.23. The fourth-order valence-corrected chi connectivity index (χ4v) is 5.37. The molecular weight excluding hydrogens is 603 g/mol. The Morgan fingerprint density at radius 1 is 1.23 bits per heavy atom. The van der Waals surface area contributed by atoms with Crippen molar-refractivity contribution in [2.45, 2.75) is 39.3 Å². The van der Waals surface area contributed by atoms with E-state index in [4.69, 9.17) is 16.3 Å². The first-order valence-corrected chi connectivity index (χ1v) is 13.9. The number of halogens is 4. The summed E-state index contributed by atoms with van der Waals surface area (Å²) in [7, 11) is 1.36. The van der Waals surface area contributed by atoms with Gasteiger partial charge in [0, 0.05) is 31.3 Å². The Morgan fingerprint density at radius 3 is 2.70 bits per heavy atom. The number of anilines is 2. The number of nitrogens with one attached hydrogen (secondary N) is 1. The van der Waals surface area contributed by atoms with Crippen LogP contribution in [0.5, 0.6) is 0 Å². The number of hydrogen-bond acceptors (Lipinski definition) is 9. The number of amides is 2. The first-order valence-electron chi connectivity index (χ1n) is 13.6. The molecule has 16 heteroatoms. The maximum absolute atomic E-state index is 14.9. The van der Waals surface area contributed by atoms with Crippen molar-refractivity contribution in [1.82, 2.24) is 34.9 Å². The molecule has 1 saturated heterocycles. The Kier molecular flexibility index (Phi) is 7.75. The number of aryl methyl sites for hydroxylation is 1. The molecule has 0 bridgehead atoms. The Bertz CT molecular complexity index is 1790. The van der Waals surface area contributed by atoms with E-state index in [9.17, 15) is 22.8 Å². The lowest BCUT2D eigenvalue weighted by atomic mass is 10.1. The molecule has 3 aromatic heterocycles. The molecule has 1 aromatic carbocycles. The minimum atomic E-state index is -3.07. The normalized spacial score (nSPS) is 18.1. The summed E-state index contributed by atoms with van der Waals surface area (Å²) < 4.78 is 48.9. The summed E-state index contributed by atoms with van der Waals surface area (Å²) in [5, 5.41) is 14.2. The zero-order chi connectivity index (χ0) is 31.3. The van der Waals surface area contributed by atoms with Gasteiger partial charge >= 0.3 is 0 Å². The van der Waals surface area contributed by atoms with Crippen molar-refractivity contribution < 1.29 is 27.5 Å². The van der Waals surface area contributed by atoms with Crippen LogP contribution in [0.4, 0.5) is 24.7 Å². The highest BCUT2D eigenvalue weighted by Gasteiger charge is 2.53. The van der Waals surface area contributed by atoms with Gasteiger partial charge in [-0.1, -0.05) is 17.7 Å². The minimum absolute atomic E-state index is 0.00447. The molecule has 12 nitrogen and oxygen atoms in total. The maximum atomic E-state index is 14.9. The first-order chi connectivity index (χ1) is 21.1. The van der Waals surface area contributed by atoms with Crippen molar-refractivity contribution in [2.75, 3.05) is 23.9 Å². The number of rotatable bonds is 9. The van der Waals surface area contributed by atoms with E-state index in [1.165, 1.54) is 13.3 Å². The van der Waals surface area contributed by atoms with Crippen molar-refractivity contribution in [3.8, 4) is 11.4 Å². The highest BCUT2D eigenvalue weighted by molar-refractivity contribution is 6.31. The topological polar surface area (TPSA) is 141 Å². The molecular formula is C28H25ClF3N9O3. The lowest BCUT2D eigenvalue weighted by molar-refractivity contribution is -0.118. The fraction of sp³-hybridized carbons (Fsp3) is 0.357. The van der Waals surface area contributed by atoms with Gasteiger partial charge in [-0.2, -0.15) is 5.10 Å². The first kappa shape index (κ1) is 29.6. The van der Waals surface area contributed by atoms with Gasteiger partial charge in [0.1, 0.15) is 5.69 Å². The van der Waals surface area contributed by atoms with E-state index in [2.05, 4.69) is 35.6 Å². The van der Waals surface area contributed by atoms with E-state index in [-0.39, 0.29) is 35.5 Å². The summed E-state index contributed by atoms with van der Waals surface area (Å²) >= 11 is 5.83. The molecule has 4 heterocycles. The van der Waals surface area contributed by atoms with Crippen molar-refractivity contribution in [2.24, 2.45) is 11.8 Å². The van der Waals surface area contributed by atoms with Crippen molar-refractivity contribution >= 4 is 34.9 Å². The molecule has 2 fully saturated rings. The van der Waals surface area contributed by atoms with Crippen LogP contribution >= 0.6 is 11.6 Å². The highest BCUT2D eigenvalue weighted by atomic mass is 35.5. The monoisotopic (exact) mass is 627 g/mol. The van der Waals surface area contributed by atoms with Crippen LogP contribution in [0.1, 0.15) is 58.9 Å². The van der Waals surface area contributed by atoms with Crippen LogP contribution in [0.3, 0.4) is 0 Å². The summed E-state index contributed by atoms with van der Waals surface area (Å²) in [5.74, 6) is -1.33. The SMILES string of the molecule is COCc1nnc(-c2c(C(F)F)ccc(Cl)c2F)nc1C(=O)Nc1cnn(C(C)c2cnc(N3C[C@H]4C[C@H]4C3=O)c(C)n2)c1. The van der Waals surface area contributed by atoms with Crippen LogP contribution < -0.4 is 10.2 Å². The number of carbonyl (C=O) groups excluding carboxylic acids is 2. The zero-order valence-corrected chi connectivity index (χ0v) is 24.4. The van der Waals surface area contributed by atoms with Crippen molar-refractivity contribution in [3.05, 3.63) is 69.9 Å². The third-order valence-corrected chi connectivity index (χ3v) is 7.93. The van der Waals surface area contributed by atoms with E-state index >= 15 is 0 Å². The van der Waals surface area contributed by atoms with Crippen LogP contribution in [0.15, 0.2) is 30.7 Å². The van der Waals surface area contributed by atoms with Crippen LogP contribution in [0.25, 0.3) is 11.4 Å². The molecule has 1 aliphatic carbocycles.